The monoisotopic (exact) mass is 337 g/mol. The van der Waals surface area contributed by atoms with E-state index >= 15 is 0 Å². The number of aromatic nitrogens is 3. The summed E-state index contributed by atoms with van der Waals surface area (Å²) in [7, 11) is 1.88. The molecule has 0 unspecified atom stereocenters. The van der Waals surface area contributed by atoms with Crippen molar-refractivity contribution < 1.29 is 4.79 Å². The highest BCUT2D eigenvalue weighted by Crippen LogP contribution is 2.05. The van der Waals surface area contributed by atoms with Gasteiger partial charge in [0.1, 0.15) is 0 Å². The molecule has 0 radical (unpaired) electrons. The van der Waals surface area contributed by atoms with E-state index in [0.717, 1.165) is 11.4 Å². The molecule has 0 saturated carbocycles. The Morgan fingerprint density at radius 2 is 2.00 bits per heavy atom. The minimum atomic E-state index is -0.241. The predicted octanol–water partition coefficient (Wildman–Crippen LogP) is 1.51. The molecule has 7 nitrogen and oxygen atoms in total. The molecule has 1 amide bonds. The van der Waals surface area contributed by atoms with Crippen LogP contribution in [0.25, 0.3) is 5.69 Å². The lowest BCUT2D eigenvalue weighted by molar-refractivity contribution is -0.120. The summed E-state index contributed by atoms with van der Waals surface area (Å²) in [6, 6.07) is 13.0. The van der Waals surface area contributed by atoms with Crippen LogP contribution in [0.2, 0.25) is 0 Å². The average molecular weight is 337 g/mol. The van der Waals surface area contributed by atoms with Gasteiger partial charge in [-0.2, -0.15) is 5.10 Å². The summed E-state index contributed by atoms with van der Waals surface area (Å²) < 4.78 is 3.32. The Bertz CT molecular complexity index is 963. The fourth-order valence-electron chi connectivity index (χ4n) is 2.52. The number of hydrazone groups is 1. The molecule has 7 heteroatoms. The Labute approximate surface area is 144 Å². The van der Waals surface area contributed by atoms with Crippen LogP contribution < -0.4 is 11.0 Å². The molecular weight excluding hydrogens is 318 g/mol. The van der Waals surface area contributed by atoms with Gasteiger partial charge in [0.05, 0.1) is 23.9 Å². The molecule has 0 aliphatic carbocycles. The van der Waals surface area contributed by atoms with Crippen molar-refractivity contribution in [1.29, 1.82) is 0 Å². The average Bonchev–Trinajstić information content (AvgIpc) is 3.13. The van der Waals surface area contributed by atoms with Gasteiger partial charge in [-0.15, -0.1) is 0 Å². The molecule has 3 aromatic rings. The molecule has 2 aromatic heterocycles. The lowest BCUT2D eigenvalue weighted by Gasteiger charge is -2.01. The normalized spacial score (nSPS) is 11.1. The van der Waals surface area contributed by atoms with E-state index in [1.54, 1.807) is 6.92 Å². The number of H-pyrrole nitrogens is 1. The Morgan fingerprint density at radius 1 is 1.24 bits per heavy atom. The number of nitrogens with zero attached hydrogens (tertiary/aromatic N) is 3. The number of hydrogen-bond donors (Lipinski definition) is 2. The van der Waals surface area contributed by atoms with E-state index in [1.807, 2.05) is 60.3 Å². The predicted molar refractivity (Wildman–Crippen MR) is 96.0 cm³/mol. The van der Waals surface area contributed by atoms with Crippen molar-refractivity contribution in [3.8, 4) is 5.69 Å². The molecule has 0 bridgehead atoms. The van der Waals surface area contributed by atoms with Gasteiger partial charge < -0.3 is 4.57 Å². The van der Waals surface area contributed by atoms with Crippen LogP contribution in [0.3, 0.4) is 0 Å². The maximum Gasteiger partial charge on any atom is 0.280 e. The van der Waals surface area contributed by atoms with Crippen molar-refractivity contribution in [1.82, 2.24) is 19.8 Å². The third kappa shape index (κ3) is 3.60. The van der Waals surface area contributed by atoms with E-state index in [4.69, 9.17) is 0 Å². The lowest BCUT2D eigenvalue weighted by Crippen LogP contribution is -2.22. The van der Waals surface area contributed by atoms with Crippen LogP contribution in [0.15, 0.2) is 58.6 Å². The SMILES string of the molecule is Cc1[nH]n(-c2ccccc2)c(=O)c1/C=N\NC(=O)Cc1cccn1C. The van der Waals surface area contributed by atoms with Crippen LogP contribution in [0.4, 0.5) is 0 Å². The molecule has 0 aliphatic rings. The van der Waals surface area contributed by atoms with E-state index in [-0.39, 0.29) is 17.9 Å². The summed E-state index contributed by atoms with van der Waals surface area (Å²) in [5, 5.41) is 6.92. The van der Waals surface area contributed by atoms with Crippen LogP contribution in [-0.4, -0.2) is 26.5 Å². The van der Waals surface area contributed by atoms with Gasteiger partial charge in [-0.25, -0.2) is 10.1 Å². The summed E-state index contributed by atoms with van der Waals surface area (Å²) in [5.41, 5.74) is 4.94. The number of benzene rings is 1. The Balaban J connectivity index is 1.72. The smallest absolute Gasteiger partial charge is 0.280 e. The van der Waals surface area contributed by atoms with E-state index in [9.17, 15) is 9.59 Å². The summed E-state index contributed by atoms with van der Waals surface area (Å²) in [6.45, 7) is 1.79. The number of aromatic amines is 1. The van der Waals surface area contributed by atoms with Gasteiger partial charge in [0.15, 0.2) is 0 Å². The second-order valence-electron chi connectivity index (χ2n) is 5.71. The van der Waals surface area contributed by atoms with Gasteiger partial charge in [-0.05, 0) is 31.2 Å². The number of carbonyl (C=O) groups excluding carboxylic acids is 1. The number of carbonyl (C=O) groups is 1. The van der Waals surface area contributed by atoms with Crippen molar-refractivity contribution in [3.05, 3.63) is 76.0 Å². The summed E-state index contributed by atoms with van der Waals surface area (Å²) in [5.74, 6) is -0.241. The first-order chi connectivity index (χ1) is 12.1. The molecule has 25 heavy (non-hydrogen) atoms. The second-order valence-corrected chi connectivity index (χ2v) is 5.71. The van der Waals surface area contributed by atoms with Gasteiger partial charge in [-0.3, -0.25) is 14.7 Å². The molecule has 2 N–H and O–H groups in total. The molecule has 0 fully saturated rings. The van der Waals surface area contributed by atoms with E-state index in [1.165, 1.54) is 10.9 Å². The van der Waals surface area contributed by atoms with Gasteiger partial charge in [0.25, 0.3) is 5.56 Å². The van der Waals surface area contributed by atoms with Crippen molar-refractivity contribution >= 4 is 12.1 Å². The van der Waals surface area contributed by atoms with Crippen molar-refractivity contribution in [2.24, 2.45) is 12.1 Å². The van der Waals surface area contributed by atoms with Crippen LogP contribution in [0.5, 0.6) is 0 Å². The zero-order valence-electron chi connectivity index (χ0n) is 14.1. The molecule has 128 valence electrons. The maximum atomic E-state index is 12.5. The van der Waals surface area contributed by atoms with Gasteiger partial charge in [0.2, 0.25) is 5.91 Å². The topological polar surface area (TPSA) is 84.2 Å². The number of hydrogen-bond acceptors (Lipinski definition) is 3. The van der Waals surface area contributed by atoms with Crippen molar-refractivity contribution in [3.63, 3.8) is 0 Å². The molecule has 0 atom stereocenters. The van der Waals surface area contributed by atoms with Crippen LogP contribution in [-0.2, 0) is 18.3 Å². The number of rotatable bonds is 5. The van der Waals surface area contributed by atoms with E-state index in [2.05, 4.69) is 15.6 Å². The summed E-state index contributed by atoms with van der Waals surface area (Å²) in [6.07, 6.45) is 3.47. The Hall–Kier alpha value is -3.35. The highest BCUT2D eigenvalue weighted by atomic mass is 16.2. The van der Waals surface area contributed by atoms with Crippen LogP contribution >= 0.6 is 0 Å². The first kappa shape index (κ1) is 16.5. The molecule has 0 aliphatic heterocycles. The molecule has 1 aromatic carbocycles. The van der Waals surface area contributed by atoms with Crippen molar-refractivity contribution in [2.75, 3.05) is 0 Å². The molecule has 3 rings (SSSR count). The second kappa shape index (κ2) is 7.04. The first-order valence-electron chi connectivity index (χ1n) is 7.85. The molecule has 0 spiro atoms. The van der Waals surface area contributed by atoms with E-state index in [0.29, 0.717) is 11.3 Å². The standard InChI is InChI=1S/C18H19N5O2/c1-13-16(18(25)23(21-13)14-7-4-3-5-8-14)12-19-20-17(24)11-15-9-6-10-22(15)2/h3-10,12,21H,11H2,1-2H3,(H,20,24)/b19-12-. The fraction of sp³-hybridized carbons (Fsp3) is 0.167. The minimum absolute atomic E-state index is 0.218. The van der Waals surface area contributed by atoms with Crippen molar-refractivity contribution in [2.45, 2.75) is 13.3 Å². The molecule has 0 saturated heterocycles. The number of nitrogens with one attached hydrogen (secondary N) is 2. The van der Waals surface area contributed by atoms with Gasteiger partial charge in [0, 0.05) is 24.6 Å². The third-order valence-electron chi connectivity index (χ3n) is 3.91. The minimum Gasteiger partial charge on any atom is -0.354 e. The number of para-hydroxylation sites is 1. The Kier molecular flexibility index (Phi) is 4.65. The van der Waals surface area contributed by atoms with Gasteiger partial charge >= 0.3 is 0 Å². The quantitative estimate of drug-likeness (QED) is 0.546. The first-order valence-corrected chi connectivity index (χ1v) is 7.85. The molecule has 2 heterocycles. The summed E-state index contributed by atoms with van der Waals surface area (Å²) >= 11 is 0. The van der Waals surface area contributed by atoms with Crippen LogP contribution in [0, 0.1) is 6.92 Å². The van der Waals surface area contributed by atoms with Crippen LogP contribution in [0.1, 0.15) is 17.0 Å². The fourth-order valence-corrected chi connectivity index (χ4v) is 2.52. The third-order valence-corrected chi connectivity index (χ3v) is 3.91. The highest BCUT2D eigenvalue weighted by Gasteiger charge is 2.10. The van der Waals surface area contributed by atoms with E-state index < -0.39 is 0 Å². The zero-order valence-corrected chi connectivity index (χ0v) is 14.1. The largest absolute Gasteiger partial charge is 0.354 e. The lowest BCUT2D eigenvalue weighted by atomic mass is 10.3. The molecular formula is C18H19N5O2. The Morgan fingerprint density at radius 3 is 2.68 bits per heavy atom. The summed E-state index contributed by atoms with van der Waals surface area (Å²) in [4.78, 5) is 24.4. The zero-order chi connectivity index (χ0) is 17.8. The van der Waals surface area contributed by atoms with Gasteiger partial charge in [-0.1, -0.05) is 18.2 Å². The maximum absolute atomic E-state index is 12.5. The highest BCUT2D eigenvalue weighted by molar-refractivity contribution is 5.83. The number of aryl methyl sites for hydroxylation is 2. The number of amides is 1.